The maximum atomic E-state index is 12.2. The fourth-order valence-electron chi connectivity index (χ4n) is 1.70. The molecule has 2 rings (SSSR count). The molecule has 2 aromatic carbocycles. The molecule has 0 fully saturated rings. The van der Waals surface area contributed by atoms with E-state index in [4.69, 9.17) is 28.7 Å². The fourth-order valence-corrected chi connectivity index (χ4v) is 5.89. The summed E-state index contributed by atoms with van der Waals surface area (Å²) in [5.74, 6) is 0.139. The van der Waals surface area contributed by atoms with Gasteiger partial charge in [0.15, 0.2) is 0 Å². The summed E-state index contributed by atoms with van der Waals surface area (Å²) < 4.78 is 61.2. The Hall–Kier alpha value is -1.41. The van der Waals surface area contributed by atoms with Crippen molar-refractivity contribution in [1.82, 2.24) is 0 Å². The molecular weight excluding hydrogens is 513 g/mol. The van der Waals surface area contributed by atoms with Crippen LogP contribution in [0.3, 0.4) is 0 Å². The summed E-state index contributed by atoms with van der Waals surface area (Å²) in [5, 5.41) is 0. The minimum atomic E-state index is -5.28. The fraction of sp³-hybridized carbons (Fsp3) is 0.143. The van der Waals surface area contributed by atoms with Crippen molar-refractivity contribution in [2.45, 2.75) is 0 Å². The molecular formula is C14H21O14P3Si. The Kier molecular flexibility index (Phi) is 10.9. The molecule has 0 amide bonds. The molecule has 0 radical (unpaired) electrons. The molecule has 0 aliphatic rings. The highest BCUT2D eigenvalue weighted by Gasteiger charge is 2.45. The number of para-hydroxylation sites is 2. The van der Waals surface area contributed by atoms with Crippen LogP contribution in [0, 0.1) is 0 Å². The van der Waals surface area contributed by atoms with Gasteiger partial charge in [0.05, 0.1) is 0 Å². The lowest BCUT2D eigenvalue weighted by Crippen LogP contribution is -2.42. The van der Waals surface area contributed by atoms with Gasteiger partial charge in [-0.1, -0.05) is 36.4 Å². The van der Waals surface area contributed by atoms with Crippen molar-refractivity contribution in [3.8, 4) is 11.5 Å². The van der Waals surface area contributed by atoms with E-state index in [2.05, 4.69) is 22.1 Å². The predicted molar refractivity (Wildman–Crippen MR) is 110 cm³/mol. The van der Waals surface area contributed by atoms with Gasteiger partial charge in [0.1, 0.15) is 11.5 Å². The zero-order chi connectivity index (χ0) is 24.5. The van der Waals surface area contributed by atoms with Crippen molar-refractivity contribution in [3.63, 3.8) is 0 Å². The molecule has 180 valence electrons. The second-order valence-corrected chi connectivity index (χ2v) is 11.6. The third kappa shape index (κ3) is 12.0. The largest absolute Gasteiger partial charge is 0.741 e. The lowest BCUT2D eigenvalue weighted by molar-refractivity contribution is 0.128. The van der Waals surface area contributed by atoms with Gasteiger partial charge in [-0.15, -0.1) is 0 Å². The molecule has 14 nitrogen and oxygen atoms in total. The monoisotopic (exact) mass is 534 g/mol. The van der Waals surface area contributed by atoms with E-state index in [0.29, 0.717) is 0 Å². The minimum absolute atomic E-state index is 0.104. The highest BCUT2D eigenvalue weighted by molar-refractivity contribution is 7.67. The molecule has 1 unspecified atom stereocenters. The number of phosphoric acid groups is 3. The van der Waals surface area contributed by atoms with E-state index in [1.165, 1.54) is 36.4 Å². The van der Waals surface area contributed by atoms with E-state index >= 15 is 0 Å². The van der Waals surface area contributed by atoms with Crippen LogP contribution in [0.5, 0.6) is 11.5 Å². The van der Waals surface area contributed by atoms with Crippen molar-refractivity contribution in [1.29, 1.82) is 0 Å². The van der Waals surface area contributed by atoms with Gasteiger partial charge in [0.25, 0.3) is 0 Å². The quantitative estimate of drug-likeness (QED) is 0.219. The maximum Gasteiger partial charge on any atom is 0.741 e. The third-order valence-electron chi connectivity index (χ3n) is 2.81. The molecule has 0 aliphatic heterocycles. The van der Waals surface area contributed by atoms with Crippen molar-refractivity contribution in [3.05, 3.63) is 60.7 Å². The van der Waals surface area contributed by atoms with E-state index in [0.717, 1.165) is 14.2 Å². The van der Waals surface area contributed by atoms with Gasteiger partial charge in [0.2, 0.25) is 0 Å². The Morgan fingerprint density at radius 1 is 0.688 bits per heavy atom. The molecule has 0 bridgehead atoms. The van der Waals surface area contributed by atoms with Gasteiger partial charge >= 0.3 is 32.5 Å². The summed E-state index contributed by atoms with van der Waals surface area (Å²) in [5.41, 5.74) is 0. The van der Waals surface area contributed by atoms with E-state index < -0.39 is 32.5 Å². The summed E-state index contributed by atoms with van der Waals surface area (Å²) in [6.07, 6.45) is 0. The molecule has 0 aromatic heterocycles. The Labute approximate surface area is 183 Å². The molecule has 5 N–H and O–H groups in total. The van der Waals surface area contributed by atoms with E-state index in [-0.39, 0.29) is 11.5 Å². The summed E-state index contributed by atoms with van der Waals surface area (Å²) in [6.45, 7) is 0. The molecule has 32 heavy (non-hydrogen) atoms. The summed E-state index contributed by atoms with van der Waals surface area (Å²) in [4.78, 5) is 43.0. The second kappa shape index (κ2) is 12.2. The third-order valence-corrected chi connectivity index (χ3v) is 7.90. The van der Waals surface area contributed by atoms with Crippen molar-refractivity contribution >= 4 is 32.5 Å². The predicted octanol–water partition coefficient (Wildman–Crippen LogP) is 2.18. The van der Waals surface area contributed by atoms with E-state index in [1.54, 1.807) is 24.3 Å². The first-order valence-corrected chi connectivity index (χ1v) is 14.3. The Morgan fingerprint density at radius 2 is 1.12 bits per heavy atom. The van der Waals surface area contributed by atoms with Crippen LogP contribution < -0.4 is 8.95 Å². The Morgan fingerprint density at radius 3 is 1.50 bits per heavy atom. The lowest BCUT2D eigenvalue weighted by atomic mass is 10.3. The number of phosphoric ester groups is 1. The van der Waals surface area contributed by atoms with Crippen molar-refractivity contribution in [2.24, 2.45) is 0 Å². The van der Waals surface area contributed by atoms with Gasteiger partial charge in [-0.05, 0) is 24.3 Å². The molecule has 18 heteroatoms. The van der Waals surface area contributed by atoms with Crippen LogP contribution in [-0.2, 0) is 31.4 Å². The topological polar surface area (TPSA) is 208 Å². The van der Waals surface area contributed by atoms with Gasteiger partial charge in [-0.25, -0.2) is 13.7 Å². The zero-order valence-electron chi connectivity index (χ0n) is 16.5. The number of hydrogen-bond donors (Lipinski definition) is 5. The first-order valence-electron chi connectivity index (χ1n) is 8.15. The molecule has 0 spiro atoms. The highest BCUT2D eigenvalue weighted by Crippen LogP contribution is 2.69. The standard InChI is InChI=1S/C8H13O10P3.C6H8O4Si/c1-14-20(12,15-2)18-21(13,17-19(9,10)11)16-8-6-4-3-5-7-8;7-11(8,9)10-6-4-2-1-3-5-6/h3-7H,1-2H3,(H2,9,10,11);1-5,7-9H. The van der Waals surface area contributed by atoms with Gasteiger partial charge in [-0.3, -0.25) is 9.05 Å². The SMILES string of the molecule is COP(=O)(OC)OP(=O)(Oc1ccccc1)OP(=O)(O)O.O[Si](O)(O)Oc1ccccc1. The van der Waals surface area contributed by atoms with Gasteiger partial charge in [0, 0.05) is 14.2 Å². The minimum Gasteiger partial charge on any atom is -0.480 e. The number of benzene rings is 2. The smallest absolute Gasteiger partial charge is 0.480 e. The zero-order valence-corrected chi connectivity index (χ0v) is 20.2. The van der Waals surface area contributed by atoms with Crippen LogP contribution in [0.4, 0.5) is 0 Å². The van der Waals surface area contributed by atoms with Crippen LogP contribution in [-0.4, -0.2) is 47.4 Å². The van der Waals surface area contributed by atoms with Gasteiger partial charge < -0.3 is 33.1 Å². The van der Waals surface area contributed by atoms with Gasteiger partial charge in [-0.2, -0.15) is 8.62 Å². The second-order valence-electron chi connectivity index (χ2n) is 5.31. The van der Waals surface area contributed by atoms with E-state index in [9.17, 15) is 13.7 Å². The molecule has 0 saturated carbocycles. The van der Waals surface area contributed by atoms with Crippen LogP contribution in [0.2, 0.25) is 0 Å². The lowest BCUT2D eigenvalue weighted by Gasteiger charge is -2.21. The van der Waals surface area contributed by atoms with Crippen molar-refractivity contribution < 1.29 is 64.5 Å². The molecule has 0 aliphatic carbocycles. The van der Waals surface area contributed by atoms with Crippen LogP contribution in [0.15, 0.2) is 60.7 Å². The van der Waals surface area contributed by atoms with E-state index in [1.807, 2.05) is 0 Å². The molecule has 1 atom stereocenters. The average molecular weight is 534 g/mol. The maximum absolute atomic E-state index is 12.2. The molecule has 2 aromatic rings. The summed E-state index contributed by atoms with van der Waals surface area (Å²) in [7, 11) is -17.2. The number of rotatable bonds is 10. The Balaban J connectivity index is 0.000000389. The highest BCUT2D eigenvalue weighted by atomic mass is 31.3. The first-order chi connectivity index (χ1) is 14.7. The average Bonchev–Trinajstić information content (AvgIpc) is 2.67. The normalized spacial score (nSPS) is 14.0. The van der Waals surface area contributed by atoms with Crippen molar-refractivity contribution in [2.75, 3.05) is 14.2 Å². The first kappa shape index (κ1) is 28.6. The summed E-state index contributed by atoms with van der Waals surface area (Å²) >= 11 is 0. The number of hydrogen-bond acceptors (Lipinski definition) is 12. The Bertz CT molecular complexity index is 954. The van der Waals surface area contributed by atoms with Crippen LogP contribution in [0.25, 0.3) is 0 Å². The van der Waals surface area contributed by atoms with Crippen LogP contribution in [0.1, 0.15) is 0 Å². The molecule has 0 saturated heterocycles. The molecule has 0 heterocycles. The summed E-state index contributed by atoms with van der Waals surface area (Å²) in [6, 6.07) is 15.3. The van der Waals surface area contributed by atoms with Crippen LogP contribution >= 0.6 is 23.5 Å².